The van der Waals surface area contributed by atoms with Gasteiger partial charge >= 0.3 is 0 Å². The summed E-state index contributed by atoms with van der Waals surface area (Å²) in [4.78, 5) is 11.9. The second kappa shape index (κ2) is 5.88. The van der Waals surface area contributed by atoms with Crippen molar-refractivity contribution < 1.29 is 22.4 Å². The van der Waals surface area contributed by atoms with Crippen LogP contribution < -0.4 is 14.8 Å². The van der Waals surface area contributed by atoms with Crippen LogP contribution >= 0.6 is 0 Å². The molecule has 0 atom stereocenters. The van der Waals surface area contributed by atoms with Gasteiger partial charge in [0.05, 0.1) is 30.9 Å². The highest BCUT2D eigenvalue weighted by molar-refractivity contribution is 7.92. The predicted octanol–water partition coefficient (Wildman–Crippen LogP) is 1.91. The average molecular weight is 310 g/mol. The van der Waals surface area contributed by atoms with Gasteiger partial charge in [-0.3, -0.25) is 9.52 Å². The van der Waals surface area contributed by atoms with Crippen LogP contribution in [-0.4, -0.2) is 27.7 Å². The summed E-state index contributed by atoms with van der Waals surface area (Å²) in [7, 11) is -2.03. The van der Waals surface area contributed by atoms with E-state index >= 15 is 0 Å². The monoisotopic (exact) mass is 310 g/mol. The van der Waals surface area contributed by atoms with Crippen molar-refractivity contribution in [1.82, 2.24) is 0 Å². The number of methoxy groups -OCH3 is 1. The Bertz CT molecular complexity index is 738. The van der Waals surface area contributed by atoms with Crippen LogP contribution in [0.15, 0.2) is 41.2 Å². The Morgan fingerprint density at radius 2 is 2.05 bits per heavy atom. The first-order chi connectivity index (χ1) is 9.89. The topological polar surface area (TPSA) is 97.6 Å². The molecular formula is C13H14N2O5S. The lowest BCUT2D eigenvalue weighted by Gasteiger charge is -2.12. The van der Waals surface area contributed by atoms with E-state index in [1.165, 1.54) is 31.8 Å². The van der Waals surface area contributed by atoms with Gasteiger partial charge in [-0.2, -0.15) is 0 Å². The van der Waals surface area contributed by atoms with Crippen LogP contribution in [-0.2, 0) is 10.0 Å². The summed E-state index contributed by atoms with van der Waals surface area (Å²) in [5, 5.41) is 2.63. The summed E-state index contributed by atoms with van der Waals surface area (Å²) in [5.41, 5.74) is 1.03. The lowest BCUT2D eigenvalue weighted by atomic mass is 10.2. The molecule has 0 spiro atoms. The molecule has 0 aliphatic carbocycles. The van der Waals surface area contributed by atoms with Crippen molar-refractivity contribution in [1.29, 1.82) is 0 Å². The Morgan fingerprint density at radius 1 is 1.29 bits per heavy atom. The number of benzene rings is 1. The van der Waals surface area contributed by atoms with Gasteiger partial charge in [0.2, 0.25) is 10.0 Å². The van der Waals surface area contributed by atoms with E-state index in [2.05, 4.69) is 10.0 Å². The minimum atomic E-state index is -3.46. The first-order valence-corrected chi connectivity index (χ1v) is 7.77. The van der Waals surface area contributed by atoms with E-state index in [1.54, 1.807) is 12.1 Å². The highest BCUT2D eigenvalue weighted by Gasteiger charge is 2.12. The molecule has 0 saturated heterocycles. The molecular weight excluding hydrogens is 296 g/mol. The second-order valence-electron chi connectivity index (χ2n) is 4.26. The molecule has 0 bridgehead atoms. The molecule has 112 valence electrons. The van der Waals surface area contributed by atoms with Crippen LogP contribution in [0.25, 0.3) is 0 Å². The summed E-state index contributed by atoms with van der Waals surface area (Å²) in [6.07, 6.45) is 3.73. The fraction of sp³-hybridized carbons (Fsp3) is 0.154. The van der Waals surface area contributed by atoms with Crippen molar-refractivity contribution in [2.45, 2.75) is 0 Å². The summed E-state index contributed by atoms with van der Waals surface area (Å²) < 4.78 is 34.9. The van der Waals surface area contributed by atoms with Crippen molar-refractivity contribution in [3.63, 3.8) is 0 Å². The number of rotatable bonds is 5. The van der Waals surface area contributed by atoms with Crippen molar-refractivity contribution >= 4 is 27.3 Å². The van der Waals surface area contributed by atoms with Crippen LogP contribution in [0.4, 0.5) is 11.4 Å². The predicted molar refractivity (Wildman–Crippen MR) is 78.1 cm³/mol. The number of carbonyl (C=O) groups is 1. The van der Waals surface area contributed by atoms with Crippen molar-refractivity contribution in [3.05, 3.63) is 42.4 Å². The molecule has 0 aliphatic heterocycles. The van der Waals surface area contributed by atoms with Crippen molar-refractivity contribution in [2.75, 3.05) is 23.4 Å². The van der Waals surface area contributed by atoms with Gasteiger partial charge in [-0.05, 0) is 24.3 Å². The Labute approximate surface area is 122 Å². The molecule has 0 unspecified atom stereocenters. The molecule has 0 radical (unpaired) electrons. The van der Waals surface area contributed by atoms with Crippen LogP contribution in [0, 0.1) is 0 Å². The van der Waals surface area contributed by atoms with Gasteiger partial charge in [0, 0.05) is 5.69 Å². The number of furan rings is 1. The van der Waals surface area contributed by atoms with E-state index in [0.717, 1.165) is 6.26 Å². The average Bonchev–Trinajstić information content (AvgIpc) is 2.91. The lowest BCUT2D eigenvalue weighted by molar-refractivity contribution is 0.102. The maximum atomic E-state index is 11.9. The number of anilines is 2. The highest BCUT2D eigenvalue weighted by atomic mass is 32.2. The van der Waals surface area contributed by atoms with E-state index < -0.39 is 10.0 Å². The molecule has 2 rings (SSSR count). The SMILES string of the molecule is COc1ccc(NC(=O)c2ccoc2)cc1NS(C)(=O)=O. The van der Waals surface area contributed by atoms with E-state index in [9.17, 15) is 13.2 Å². The summed E-state index contributed by atoms with van der Waals surface area (Å²) in [6.45, 7) is 0. The van der Waals surface area contributed by atoms with E-state index in [4.69, 9.17) is 9.15 Å². The summed E-state index contributed by atoms with van der Waals surface area (Å²) in [6, 6.07) is 6.15. The third-order valence-electron chi connectivity index (χ3n) is 2.54. The zero-order chi connectivity index (χ0) is 15.5. The Morgan fingerprint density at radius 3 is 2.62 bits per heavy atom. The molecule has 1 aromatic heterocycles. The summed E-state index contributed by atoms with van der Waals surface area (Å²) >= 11 is 0. The number of ether oxygens (including phenoxy) is 1. The van der Waals surface area contributed by atoms with E-state index in [0.29, 0.717) is 17.0 Å². The van der Waals surface area contributed by atoms with Gasteiger partial charge in [0.1, 0.15) is 12.0 Å². The molecule has 1 amide bonds. The molecule has 2 N–H and O–H groups in total. The maximum absolute atomic E-state index is 11.9. The summed E-state index contributed by atoms with van der Waals surface area (Å²) in [5.74, 6) is -0.0130. The molecule has 8 heteroatoms. The van der Waals surface area contributed by atoms with Crippen molar-refractivity contribution in [2.24, 2.45) is 0 Å². The van der Waals surface area contributed by atoms with Gasteiger partial charge in [-0.1, -0.05) is 0 Å². The number of amides is 1. The highest BCUT2D eigenvalue weighted by Crippen LogP contribution is 2.28. The third-order valence-corrected chi connectivity index (χ3v) is 3.13. The molecule has 1 heterocycles. The second-order valence-corrected chi connectivity index (χ2v) is 6.00. The van der Waals surface area contributed by atoms with Crippen LogP contribution in [0.5, 0.6) is 5.75 Å². The molecule has 0 aliphatic rings. The molecule has 21 heavy (non-hydrogen) atoms. The molecule has 0 saturated carbocycles. The normalized spacial score (nSPS) is 11.0. The quantitative estimate of drug-likeness (QED) is 0.879. The van der Waals surface area contributed by atoms with Gasteiger partial charge < -0.3 is 14.5 Å². The van der Waals surface area contributed by atoms with Gasteiger partial charge in [0.15, 0.2) is 0 Å². The van der Waals surface area contributed by atoms with Crippen LogP contribution in [0.3, 0.4) is 0 Å². The zero-order valence-electron chi connectivity index (χ0n) is 11.4. The first-order valence-electron chi connectivity index (χ1n) is 5.88. The fourth-order valence-electron chi connectivity index (χ4n) is 1.66. The Kier molecular flexibility index (Phi) is 4.18. The fourth-order valence-corrected chi connectivity index (χ4v) is 2.22. The zero-order valence-corrected chi connectivity index (χ0v) is 12.2. The van der Waals surface area contributed by atoms with Gasteiger partial charge in [-0.25, -0.2) is 8.42 Å². The number of hydrogen-bond acceptors (Lipinski definition) is 5. The standard InChI is InChI=1S/C13H14N2O5S/c1-19-12-4-3-10(7-11(12)15-21(2,17)18)14-13(16)9-5-6-20-8-9/h3-8,15H,1-2H3,(H,14,16). The first kappa shape index (κ1) is 14.9. The molecule has 7 nitrogen and oxygen atoms in total. The van der Waals surface area contributed by atoms with E-state index in [1.807, 2.05) is 0 Å². The smallest absolute Gasteiger partial charge is 0.258 e. The molecule has 1 aromatic carbocycles. The molecule has 2 aromatic rings. The van der Waals surface area contributed by atoms with Crippen LogP contribution in [0.2, 0.25) is 0 Å². The Hall–Kier alpha value is -2.48. The number of nitrogens with one attached hydrogen (secondary N) is 2. The van der Waals surface area contributed by atoms with Crippen molar-refractivity contribution in [3.8, 4) is 5.75 Å². The number of carbonyl (C=O) groups excluding carboxylic acids is 1. The largest absolute Gasteiger partial charge is 0.495 e. The lowest BCUT2D eigenvalue weighted by Crippen LogP contribution is -2.13. The Balaban J connectivity index is 2.25. The van der Waals surface area contributed by atoms with E-state index in [-0.39, 0.29) is 11.6 Å². The minimum Gasteiger partial charge on any atom is -0.495 e. The maximum Gasteiger partial charge on any atom is 0.258 e. The third kappa shape index (κ3) is 3.99. The van der Waals surface area contributed by atoms with Gasteiger partial charge in [0.25, 0.3) is 5.91 Å². The molecule has 0 fully saturated rings. The van der Waals surface area contributed by atoms with Crippen LogP contribution in [0.1, 0.15) is 10.4 Å². The minimum absolute atomic E-state index is 0.241. The number of hydrogen-bond donors (Lipinski definition) is 2. The van der Waals surface area contributed by atoms with Gasteiger partial charge in [-0.15, -0.1) is 0 Å². The number of sulfonamides is 1.